The van der Waals surface area contributed by atoms with Crippen molar-refractivity contribution in [3.05, 3.63) is 53.1 Å². The van der Waals surface area contributed by atoms with Crippen LogP contribution in [0.15, 0.2) is 47.4 Å². The van der Waals surface area contributed by atoms with Crippen LogP contribution in [0.4, 0.5) is 5.69 Å². The molecular formula is C19H17ClN2O5S. The van der Waals surface area contributed by atoms with Gasteiger partial charge in [-0.15, -0.1) is 11.8 Å². The summed E-state index contributed by atoms with van der Waals surface area (Å²) in [6.45, 7) is -0.454. The Morgan fingerprint density at radius 1 is 1.25 bits per heavy atom. The second kappa shape index (κ2) is 8.99. The Balaban J connectivity index is 1.51. The molecule has 0 saturated carbocycles. The number of carbonyl (C=O) groups is 3. The molecule has 1 atom stereocenters. The van der Waals surface area contributed by atoms with Gasteiger partial charge in [0.25, 0.3) is 5.91 Å². The lowest BCUT2D eigenvalue weighted by Gasteiger charge is -2.12. The van der Waals surface area contributed by atoms with Gasteiger partial charge in [0.2, 0.25) is 5.91 Å². The highest BCUT2D eigenvalue weighted by atomic mass is 35.5. The summed E-state index contributed by atoms with van der Waals surface area (Å²) in [6.07, 6.45) is -0.470. The molecule has 0 bridgehead atoms. The molecule has 0 radical (unpaired) electrons. The zero-order chi connectivity index (χ0) is 20.1. The van der Waals surface area contributed by atoms with Crippen LogP contribution in [0.5, 0.6) is 5.75 Å². The van der Waals surface area contributed by atoms with Gasteiger partial charge in [-0.3, -0.25) is 9.59 Å². The number of halogens is 1. The van der Waals surface area contributed by atoms with E-state index in [4.69, 9.17) is 26.8 Å². The highest BCUT2D eigenvalue weighted by Crippen LogP contribution is 2.31. The van der Waals surface area contributed by atoms with Crippen molar-refractivity contribution in [2.45, 2.75) is 17.4 Å². The molecule has 3 N–H and O–H groups in total. The highest BCUT2D eigenvalue weighted by molar-refractivity contribution is 8.00. The largest absolute Gasteiger partial charge is 0.478 e. The number of para-hydroxylation sites is 1. The van der Waals surface area contributed by atoms with Crippen LogP contribution in [0.1, 0.15) is 5.56 Å². The fourth-order valence-corrected chi connectivity index (χ4v) is 3.55. The van der Waals surface area contributed by atoms with Crippen molar-refractivity contribution in [3.8, 4) is 5.75 Å². The SMILES string of the molecule is NC(=O)CSc1ccccc1NC(=O)COC(=O)[C@H]1Cc2cc(Cl)ccc2O1. The Morgan fingerprint density at radius 2 is 2.04 bits per heavy atom. The molecule has 9 heteroatoms. The second-order valence-corrected chi connectivity index (χ2v) is 7.42. The van der Waals surface area contributed by atoms with E-state index in [0.717, 1.165) is 5.56 Å². The summed E-state index contributed by atoms with van der Waals surface area (Å²) in [5.74, 6) is -0.918. The smallest absolute Gasteiger partial charge is 0.348 e. The maximum absolute atomic E-state index is 12.2. The van der Waals surface area contributed by atoms with Crippen molar-refractivity contribution in [1.29, 1.82) is 0 Å². The number of thioether (sulfide) groups is 1. The fraction of sp³-hybridized carbons (Fsp3) is 0.211. The molecule has 3 rings (SSSR count). The predicted molar refractivity (Wildman–Crippen MR) is 106 cm³/mol. The van der Waals surface area contributed by atoms with Gasteiger partial charge in [0.1, 0.15) is 5.75 Å². The minimum absolute atomic E-state index is 0.0888. The van der Waals surface area contributed by atoms with E-state index in [-0.39, 0.29) is 5.75 Å². The summed E-state index contributed by atoms with van der Waals surface area (Å²) in [5.41, 5.74) is 6.48. The van der Waals surface area contributed by atoms with Crippen molar-refractivity contribution in [1.82, 2.24) is 0 Å². The molecular weight excluding hydrogens is 404 g/mol. The van der Waals surface area contributed by atoms with Gasteiger partial charge >= 0.3 is 5.97 Å². The van der Waals surface area contributed by atoms with Crippen LogP contribution in [-0.4, -0.2) is 36.2 Å². The highest BCUT2D eigenvalue weighted by Gasteiger charge is 2.31. The third kappa shape index (κ3) is 5.17. The van der Waals surface area contributed by atoms with Gasteiger partial charge in [-0.2, -0.15) is 0 Å². The van der Waals surface area contributed by atoms with E-state index in [9.17, 15) is 14.4 Å². The Bertz CT molecular complexity index is 921. The summed E-state index contributed by atoms with van der Waals surface area (Å²) in [7, 11) is 0. The predicted octanol–water partition coefficient (Wildman–Crippen LogP) is 2.40. The van der Waals surface area contributed by atoms with Crippen LogP contribution in [0.25, 0.3) is 0 Å². The molecule has 0 aromatic heterocycles. The number of nitrogens with one attached hydrogen (secondary N) is 1. The molecule has 7 nitrogen and oxygen atoms in total. The van der Waals surface area contributed by atoms with Crippen molar-refractivity contribution >= 4 is 46.8 Å². The number of primary amides is 1. The van der Waals surface area contributed by atoms with E-state index in [1.165, 1.54) is 11.8 Å². The second-order valence-electron chi connectivity index (χ2n) is 5.97. The third-order valence-electron chi connectivity index (χ3n) is 3.84. The molecule has 1 aliphatic heterocycles. The molecule has 2 aromatic rings. The van der Waals surface area contributed by atoms with Gasteiger partial charge in [-0.1, -0.05) is 23.7 Å². The molecule has 0 saturated heterocycles. The van der Waals surface area contributed by atoms with Gasteiger partial charge in [-0.25, -0.2) is 4.79 Å². The molecule has 2 aromatic carbocycles. The van der Waals surface area contributed by atoms with Crippen molar-refractivity contribution in [3.63, 3.8) is 0 Å². The number of anilines is 1. The zero-order valence-corrected chi connectivity index (χ0v) is 16.2. The lowest BCUT2D eigenvalue weighted by molar-refractivity contribution is -0.153. The molecule has 0 unspecified atom stereocenters. The minimum atomic E-state index is -0.806. The van der Waals surface area contributed by atoms with Crippen LogP contribution in [0, 0.1) is 0 Å². The normalized spacial score (nSPS) is 14.7. The van der Waals surface area contributed by atoms with E-state index in [1.807, 2.05) is 0 Å². The Morgan fingerprint density at radius 3 is 2.82 bits per heavy atom. The van der Waals surface area contributed by atoms with E-state index >= 15 is 0 Å². The Kier molecular flexibility index (Phi) is 6.43. The average Bonchev–Trinajstić information content (AvgIpc) is 3.08. The van der Waals surface area contributed by atoms with Crippen LogP contribution >= 0.6 is 23.4 Å². The lowest BCUT2D eigenvalue weighted by atomic mass is 10.1. The van der Waals surface area contributed by atoms with Crippen molar-refractivity contribution in [2.75, 3.05) is 17.7 Å². The van der Waals surface area contributed by atoms with E-state index < -0.39 is 30.5 Å². The van der Waals surface area contributed by atoms with Crippen LogP contribution in [0.3, 0.4) is 0 Å². The summed E-state index contributed by atoms with van der Waals surface area (Å²) in [4.78, 5) is 36.0. The van der Waals surface area contributed by atoms with Crippen molar-refractivity contribution in [2.24, 2.45) is 5.73 Å². The number of fused-ring (bicyclic) bond motifs is 1. The molecule has 146 valence electrons. The summed E-state index contributed by atoms with van der Waals surface area (Å²) >= 11 is 7.14. The monoisotopic (exact) mass is 420 g/mol. The number of esters is 1. The molecule has 1 aliphatic rings. The number of hydrogen-bond acceptors (Lipinski definition) is 6. The first-order valence-electron chi connectivity index (χ1n) is 8.34. The maximum Gasteiger partial charge on any atom is 0.348 e. The Hall–Kier alpha value is -2.71. The van der Waals surface area contributed by atoms with Crippen LogP contribution in [-0.2, 0) is 25.5 Å². The zero-order valence-electron chi connectivity index (χ0n) is 14.6. The number of ether oxygens (including phenoxy) is 2. The van der Waals surface area contributed by atoms with Crippen LogP contribution < -0.4 is 15.8 Å². The average molecular weight is 421 g/mol. The van der Waals surface area contributed by atoms with Gasteiger partial charge in [0.15, 0.2) is 12.7 Å². The van der Waals surface area contributed by atoms with Gasteiger partial charge < -0.3 is 20.5 Å². The van der Waals surface area contributed by atoms with Crippen LogP contribution in [0.2, 0.25) is 5.02 Å². The minimum Gasteiger partial charge on any atom is -0.478 e. The first-order chi connectivity index (χ1) is 13.4. The first-order valence-corrected chi connectivity index (χ1v) is 9.70. The lowest BCUT2D eigenvalue weighted by Crippen LogP contribution is -2.30. The molecule has 1 heterocycles. The number of rotatable bonds is 7. The topological polar surface area (TPSA) is 108 Å². The van der Waals surface area contributed by atoms with Gasteiger partial charge in [0, 0.05) is 16.3 Å². The van der Waals surface area contributed by atoms with Gasteiger partial charge in [0.05, 0.1) is 11.4 Å². The Labute approximate surface area is 170 Å². The summed E-state index contributed by atoms with van der Waals surface area (Å²) < 4.78 is 10.6. The molecule has 0 aliphatic carbocycles. The summed E-state index contributed by atoms with van der Waals surface area (Å²) in [5, 5.41) is 3.22. The quantitative estimate of drug-likeness (QED) is 0.526. The van der Waals surface area contributed by atoms with E-state index in [2.05, 4.69) is 5.32 Å². The van der Waals surface area contributed by atoms with E-state index in [0.29, 0.717) is 27.8 Å². The summed E-state index contributed by atoms with van der Waals surface area (Å²) in [6, 6.07) is 12.1. The van der Waals surface area contributed by atoms with Gasteiger partial charge in [-0.05, 0) is 35.9 Å². The number of nitrogens with two attached hydrogens (primary N) is 1. The number of hydrogen-bond donors (Lipinski definition) is 2. The molecule has 28 heavy (non-hydrogen) atoms. The molecule has 0 fully saturated rings. The molecule has 0 spiro atoms. The third-order valence-corrected chi connectivity index (χ3v) is 5.17. The van der Waals surface area contributed by atoms with Crippen molar-refractivity contribution < 1.29 is 23.9 Å². The number of amides is 2. The number of benzene rings is 2. The first kappa shape index (κ1) is 20.0. The number of carbonyl (C=O) groups excluding carboxylic acids is 3. The fourth-order valence-electron chi connectivity index (χ4n) is 2.61. The van der Waals surface area contributed by atoms with E-state index in [1.54, 1.807) is 42.5 Å². The maximum atomic E-state index is 12.2. The molecule has 2 amide bonds. The standard InChI is InChI=1S/C19H17ClN2O5S/c20-12-5-6-14-11(7-12)8-15(27-14)19(25)26-9-18(24)22-13-3-1-2-4-16(13)28-10-17(21)23/h1-7,15H,8-10H2,(H2,21,23)(H,22,24)/t15-/m1/s1.